The Kier molecular flexibility index (Phi) is 4.26. The summed E-state index contributed by atoms with van der Waals surface area (Å²) in [6, 6.07) is 6.88. The molecule has 0 radical (unpaired) electrons. The number of rotatable bonds is 6. The molecule has 0 amide bonds. The maximum atomic E-state index is 13.1. The summed E-state index contributed by atoms with van der Waals surface area (Å²) in [6.07, 6.45) is 3.63. The van der Waals surface area contributed by atoms with Gasteiger partial charge in [0.05, 0.1) is 13.1 Å². The van der Waals surface area contributed by atoms with E-state index < -0.39 is 0 Å². The molecule has 0 bridgehead atoms. The fourth-order valence-electron chi connectivity index (χ4n) is 2.65. The van der Waals surface area contributed by atoms with Crippen LogP contribution in [0.3, 0.4) is 0 Å². The van der Waals surface area contributed by atoms with Crippen molar-refractivity contribution in [2.75, 3.05) is 0 Å². The van der Waals surface area contributed by atoms with Gasteiger partial charge in [-0.1, -0.05) is 23.7 Å². The third kappa shape index (κ3) is 3.28. The molecule has 21 heavy (non-hydrogen) atoms. The van der Waals surface area contributed by atoms with Crippen molar-refractivity contribution in [1.29, 1.82) is 0 Å². The van der Waals surface area contributed by atoms with Gasteiger partial charge in [0.2, 0.25) is 5.89 Å². The summed E-state index contributed by atoms with van der Waals surface area (Å²) in [7, 11) is 0. The topological polar surface area (TPSA) is 77.0 Å². The van der Waals surface area contributed by atoms with E-state index in [1.165, 1.54) is 31.4 Å². The Hall–Kier alpha value is -1.79. The number of halogens is 1. The molecule has 1 aliphatic carbocycles. The number of hydrogen-bond acceptors (Lipinski definition) is 5. The van der Waals surface area contributed by atoms with Crippen LogP contribution in [0.5, 0.6) is 0 Å². The van der Waals surface area contributed by atoms with Crippen LogP contribution >= 0.6 is 0 Å². The number of nitrogens with two attached hydrogens (primary N) is 1. The average Bonchev–Trinajstić information content (AvgIpc) is 2.90. The van der Waals surface area contributed by atoms with Crippen LogP contribution in [-0.2, 0) is 13.1 Å². The molecule has 1 heterocycles. The first-order chi connectivity index (χ1) is 10.3. The van der Waals surface area contributed by atoms with Gasteiger partial charge in [-0.05, 0) is 36.5 Å². The Morgan fingerprint density at radius 3 is 2.67 bits per heavy atom. The summed E-state index contributed by atoms with van der Waals surface area (Å²) in [5.74, 6) is 1.41. The lowest BCUT2D eigenvalue weighted by Gasteiger charge is -2.34. The van der Waals surface area contributed by atoms with Gasteiger partial charge in [-0.2, -0.15) is 4.98 Å². The van der Waals surface area contributed by atoms with E-state index in [1.807, 2.05) is 12.1 Å². The quantitative estimate of drug-likeness (QED) is 0.853. The van der Waals surface area contributed by atoms with Crippen molar-refractivity contribution < 1.29 is 8.91 Å². The predicted molar refractivity (Wildman–Crippen MR) is 75.5 cm³/mol. The van der Waals surface area contributed by atoms with Crippen molar-refractivity contribution in [3.05, 3.63) is 47.4 Å². The zero-order chi connectivity index (χ0) is 14.7. The van der Waals surface area contributed by atoms with E-state index in [4.69, 9.17) is 10.3 Å². The van der Waals surface area contributed by atoms with Crippen LogP contribution in [0.2, 0.25) is 0 Å². The number of nitrogens with one attached hydrogen (secondary N) is 1. The Bertz CT molecular complexity index is 580. The van der Waals surface area contributed by atoms with Crippen LogP contribution in [0, 0.1) is 11.7 Å². The lowest BCUT2D eigenvalue weighted by molar-refractivity contribution is 0.227. The minimum Gasteiger partial charge on any atom is -0.338 e. The molecule has 3 rings (SSSR count). The molecule has 112 valence electrons. The maximum Gasteiger partial charge on any atom is 0.240 e. The lowest BCUT2D eigenvalue weighted by atomic mass is 9.77. The van der Waals surface area contributed by atoms with E-state index in [1.54, 1.807) is 0 Å². The van der Waals surface area contributed by atoms with E-state index >= 15 is 0 Å². The monoisotopic (exact) mass is 290 g/mol. The molecule has 2 aromatic rings. The van der Waals surface area contributed by atoms with E-state index in [0.29, 0.717) is 24.2 Å². The molecule has 6 heteroatoms. The Morgan fingerprint density at radius 2 is 2.10 bits per heavy atom. The maximum absolute atomic E-state index is 13.1. The molecule has 1 fully saturated rings. The Morgan fingerprint density at radius 1 is 1.33 bits per heavy atom. The third-order valence-corrected chi connectivity index (χ3v) is 4.02. The molecule has 1 saturated carbocycles. The predicted octanol–water partition coefficient (Wildman–Crippen LogP) is 2.30. The number of benzene rings is 1. The Balaban J connectivity index is 1.69. The lowest BCUT2D eigenvalue weighted by Crippen LogP contribution is -2.32. The molecule has 1 unspecified atom stereocenters. The fraction of sp³-hybridized carbons (Fsp3) is 0.467. The van der Waals surface area contributed by atoms with Crippen molar-refractivity contribution in [3.8, 4) is 0 Å². The highest BCUT2D eigenvalue weighted by Crippen LogP contribution is 2.37. The van der Waals surface area contributed by atoms with Crippen LogP contribution in [0.4, 0.5) is 4.39 Å². The summed E-state index contributed by atoms with van der Waals surface area (Å²) < 4.78 is 18.1. The van der Waals surface area contributed by atoms with Crippen molar-refractivity contribution in [1.82, 2.24) is 15.5 Å². The van der Waals surface area contributed by atoms with Crippen LogP contribution in [-0.4, -0.2) is 10.1 Å². The molecule has 1 aliphatic rings. The van der Waals surface area contributed by atoms with Crippen molar-refractivity contribution in [2.24, 2.45) is 11.7 Å². The van der Waals surface area contributed by atoms with Crippen molar-refractivity contribution in [2.45, 2.75) is 38.4 Å². The standard InChI is InChI=1S/C15H19FN4O/c16-12-6-4-11(5-7-12)15(10-2-1-3-10)18-9-13-19-14(8-17)21-20-13/h4-7,10,15,18H,1-3,8-9,17H2. The van der Waals surface area contributed by atoms with Gasteiger partial charge in [-0.15, -0.1) is 0 Å². The summed E-state index contributed by atoms with van der Waals surface area (Å²) in [6.45, 7) is 0.763. The second-order valence-electron chi connectivity index (χ2n) is 5.41. The molecular weight excluding hydrogens is 271 g/mol. The number of hydrogen-bond donors (Lipinski definition) is 2. The normalized spacial score (nSPS) is 16.7. The minimum absolute atomic E-state index is 0.194. The fourth-order valence-corrected chi connectivity index (χ4v) is 2.65. The van der Waals surface area contributed by atoms with E-state index in [2.05, 4.69) is 15.5 Å². The van der Waals surface area contributed by atoms with Crippen molar-refractivity contribution in [3.63, 3.8) is 0 Å². The zero-order valence-corrected chi connectivity index (χ0v) is 11.8. The zero-order valence-electron chi connectivity index (χ0n) is 11.8. The first kappa shape index (κ1) is 14.2. The molecule has 1 aromatic carbocycles. The smallest absolute Gasteiger partial charge is 0.240 e. The van der Waals surface area contributed by atoms with Gasteiger partial charge in [0.1, 0.15) is 5.82 Å². The molecule has 3 N–H and O–H groups in total. The van der Waals surface area contributed by atoms with Gasteiger partial charge in [0.25, 0.3) is 0 Å². The Labute approximate surface area is 122 Å². The largest absolute Gasteiger partial charge is 0.338 e. The van der Waals surface area contributed by atoms with Gasteiger partial charge >= 0.3 is 0 Å². The van der Waals surface area contributed by atoms with E-state index in [0.717, 1.165) is 5.56 Å². The first-order valence-corrected chi connectivity index (χ1v) is 7.26. The second-order valence-corrected chi connectivity index (χ2v) is 5.41. The van der Waals surface area contributed by atoms with E-state index in [-0.39, 0.29) is 18.4 Å². The van der Waals surface area contributed by atoms with Crippen LogP contribution < -0.4 is 11.1 Å². The number of aromatic nitrogens is 2. The molecular formula is C15H19FN4O. The first-order valence-electron chi connectivity index (χ1n) is 7.26. The summed E-state index contributed by atoms with van der Waals surface area (Å²) >= 11 is 0. The van der Waals surface area contributed by atoms with Crippen molar-refractivity contribution >= 4 is 0 Å². The van der Waals surface area contributed by atoms with Gasteiger partial charge in [-0.3, -0.25) is 0 Å². The summed E-state index contributed by atoms with van der Waals surface area (Å²) in [4.78, 5) is 4.19. The second kappa shape index (κ2) is 6.32. The molecule has 0 saturated heterocycles. The van der Waals surface area contributed by atoms with Gasteiger partial charge in [0, 0.05) is 6.04 Å². The third-order valence-electron chi connectivity index (χ3n) is 4.02. The molecule has 1 aromatic heterocycles. The highest BCUT2D eigenvalue weighted by molar-refractivity contribution is 5.21. The average molecular weight is 290 g/mol. The summed E-state index contributed by atoms with van der Waals surface area (Å²) in [5.41, 5.74) is 6.55. The molecule has 0 aliphatic heterocycles. The van der Waals surface area contributed by atoms with E-state index in [9.17, 15) is 4.39 Å². The number of nitrogens with zero attached hydrogens (tertiary/aromatic N) is 2. The van der Waals surface area contributed by atoms with Gasteiger partial charge < -0.3 is 15.6 Å². The SMILES string of the molecule is NCc1nc(CNC(c2ccc(F)cc2)C2CCC2)no1. The van der Waals surface area contributed by atoms with Gasteiger partial charge in [-0.25, -0.2) is 4.39 Å². The van der Waals surface area contributed by atoms with Crippen LogP contribution in [0.15, 0.2) is 28.8 Å². The summed E-state index contributed by atoms with van der Waals surface area (Å²) in [5, 5.41) is 7.34. The van der Waals surface area contributed by atoms with Crippen LogP contribution in [0.25, 0.3) is 0 Å². The molecule has 5 nitrogen and oxygen atoms in total. The minimum atomic E-state index is -0.211. The highest BCUT2D eigenvalue weighted by Gasteiger charge is 2.28. The molecule has 1 atom stereocenters. The highest BCUT2D eigenvalue weighted by atomic mass is 19.1. The van der Waals surface area contributed by atoms with Crippen LogP contribution in [0.1, 0.15) is 42.6 Å². The molecule has 0 spiro atoms. The van der Waals surface area contributed by atoms with Gasteiger partial charge in [0.15, 0.2) is 5.82 Å².